The Balaban J connectivity index is 0.00000256. The van der Waals surface area contributed by atoms with Crippen LogP contribution in [-0.4, -0.2) is 15.6 Å². The number of nitrogens with zero attached hydrogens (tertiary/aromatic N) is 3. The highest BCUT2D eigenvalue weighted by Crippen LogP contribution is 2.14. The van der Waals surface area contributed by atoms with Crippen molar-refractivity contribution < 1.29 is 35.1 Å². The third kappa shape index (κ3) is 5.11. The normalized spacial score (nSPS) is 13.1. The van der Waals surface area contributed by atoms with Crippen molar-refractivity contribution in [2.24, 2.45) is 0 Å². The molecule has 0 atom stereocenters. The standard InChI is InChI=1S/C22H23F2N4O.BrH/c23-17-7-5-16(6-8-17)20(29)15-28-22-4-2-1-3-13-27(22)21(26-28)14-25-19-11-9-18(24)10-12-19;/h5-12,25H,1-4,13-15H2;1H/q+1;/p-1. The van der Waals surface area contributed by atoms with Gasteiger partial charge < -0.3 is 22.3 Å². The number of ketones is 1. The fourth-order valence-corrected chi connectivity index (χ4v) is 3.66. The summed E-state index contributed by atoms with van der Waals surface area (Å²) in [7, 11) is 0. The van der Waals surface area contributed by atoms with E-state index in [2.05, 4.69) is 9.88 Å². The van der Waals surface area contributed by atoms with E-state index in [0.717, 1.165) is 49.6 Å². The van der Waals surface area contributed by atoms with Crippen LogP contribution in [0.3, 0.4) is 0 Å². The molecule has 0 spiro atoms. The van der Waals surface area contributed by atoms with Crippen molar-refractivity contribution in [3.05, 3.63) is 77.4 Å². The highest BCUT2D eigenvalue weighted by atomic mass is 79.9. The lowest BCUT2D eigenvalue weighted by Gasteiger charge is -2.04. The van der Waals surface area contributed by atoms with E-state index in [1.807, 2.05) is 0 Å². The number of nitrogens with one attached hydrogen (secondary N) is 1. The first-order chi connectivity index (χ1) is 14.1. The molecule has 1 N–H and O–H groups in total. The van der Waals surface area contributed by atoms with E-state index in [-0.39, 0.29) is 40.9 Å². The minimum Gasteiger partial charge on any atom is -1.00 e. The summed E-state index contributed by atoms with van der Waals surface area (Å²) >= 11 is 0. The third-order valence-corrected chi connectivity index (χ3v) is 5.19. The van der Waals surface area contributed by atoms with Crippen molar-refractivity contribution in [2.75, 3.05) is 5.32 Å². The van der Waals surface area contributed by atoms with Gasteiger partial charge in [-0.05, 0) is 67.8 Å². The zero-order valence-corrected chi connectivity index (χ0v) is 18.0. The first kappa shape index (κ1) is 22.1. The van der Waals surface area contributed by atoms with Gasteiger partial charge in [-0.2, -0.15) is 0 Å². The lowest BCUT2D eigenvalue weighted by Crippen LogP contribution is -3.00. The van der Waals surface area contributed by atoms with E-state index in [1.54, 1.807) is 16.8 Å². The van der Waals surface area contributed by atoms with Crippen LogP contribution in [0.15, 0.2) is 48.5 Å². The maximum Gasteiger partial charge on any atom is 0.296 e. The molecule has 8 heteroatoms. The number of benzene rings is 2. The maximum absolute atomic E-state index is 13.1. The number of carbonyl (C=O) groups excluding carboxylic acids is 1. The van der Waals surface area contributed by atoms with Gasteiger partial charge in [0.05, 0.1) is 6.54 Å². The van der Waals surface area contributed by atoms with E-state index in [9.17, 15) is 13.6 Å². The summed E-state index contributed by atoms with van der Waals surface area (Å²) in [6.07, 6.45) is 4.12. The molecule has 0 saturated carbocycles. The van der Waals surface area contributed by atoms with Crippen LogP contribution >= 0.6 is 0 Å². The fraction of sp³-hybridized carbons (Fsp3) is 0.318. The second-order valence-corrected chi connectivity index (χ2v) is 7.24. The largest absolute Gasteiger partial charge is 1.00 e. The van der Waals surface area contributed by atoms with E-state index in [4.69, 9.17) is 5.10 Å². The Kier molecular flexibility index (Phi) is 7.31. The molecule has 5 nitrogen and oxygen atoms in total. The van der Waals surface area contributed by atoms with Crippen LogP contribution in [0.1, 0.15) is 41.3 Å². The summed E-state index contributed by atoms with van der Waals surface area (Å²) in [5.74, 6) is 1.15. The number of halogens is 3. The number of hydrogen-bond donors (Lipinski definition) is 1. The molecule has 1 aromatic heterocycles. The van der Waals surface area contributed by atoms with Crippen molar-refractivity contribution in [3.8, 4) is 0 Å². The molecule has 0 aliphatic carbocycles. The summed E-state index contributed by atoms with van der Waals surface area (Å²) in [6, 6.07) is 11.8. The molecule has 158 valence electrons. The maximum atomic E-state index is 13.1. The Morgan fingerprint density at radius 2 is 1.67 bits per heavy atom. The van der Waals surface area contributed by atoms with Gasteiger partial charge >= 0.3 is 0 Å². The first-order valence-corrected chi connectivity index (χ1v) is 9.87. The van der Waals surface area contributed by atoms with Crippen LogP contribution < -0.4 is 26.9 Å². The Bertz CT molecular complexity index is 1000. The zero-order chi connectivity index (χ0) is 20.2. The predicted octanol–water partition coefficient (Wildman–Crippen LogP) is 0.674. The lowest BCUT2D eigenvalue weighted by molar-refractivity contribution is -0.710. The molecule has 3 aromatic rings. The minimum atomic E-state index is -0.362. The predicted molar refractivity (Wildman–Crippen MR) is 104 cm³/mol. The second kappa shape index (κ2) is 9.93. The van der Waals surface area contributed by atoms with Gasteiger partial charge in [0.2, 0.25) is 5.82 Å². The molecule has 0 fully saturated rings. The molecule has 0 radical (unpaired) electrons. The van der Waals surface area contributed by atoms with Crippen molar-refractivity contribution in [2.45, 2.75) is 45.3 Å². The van der Waals surface area contributed by atoms with Crippen LogP contribution in [-0.2, 0) is 26.1 Å². The smallest absolute Gasteiger partial charge is 0.296 e. The summed E-state index contributed by atoms with van der Waals surface area (Å²) < 4.78 is 30.2. The summed E-state index contributed by atoms with van der Waals surface area (Å²) in [6.45, 7) is 1.47. The number of fused-ring (bicyclic) bond motifs is 1. The monoisotopic (exact) mass is 476 g/mol. The van der Waals surface area contributed by atoms with Gasteiger partial charge in [-0.3, -0.25) is 4.79 Å². The Morgan fingerprint density at radius 1 is 1.00 bits per heavy atom. The molecule has 0 saturated heterocycles. The van der Waals surface area contributed by atoms with Gasteiger partial charge in [0.15, 0.2) is 12.3 Å². The number of carbonyl (C=O) groups is 1. The van der Waals surface area contributed by atoms with Gasteiger partial charge in [0.1, 0.15) is 18.2 Å². The van der Waals surface area contributed by atoms with Crippen molar-refractivity contribution in [1.29, 1.82) is 0 Å². The summed E-state index contributed by atoms with van der Waals surface area (Å²) in [5, 5.41) is 7.97. The Morgan fingerprint density at radius 3 is 2.37 bits per heavy atom. The van der Waals surface area contributed by atoms with Crippen LogP contribution in [0.5, 0.6) is 0 Å². The Hall–Kier alpha value is -2.61. The summed E-state index contributed by atoms with van der Waals surface area (Å²) in [5.41, 5.74) is 1.28. The average Bonchev–Trinajstić information content (AvgIpc) is 2.89. The van der Waals surface area contributed by atoms with E-state index >= 15 is 0 Å². The van der Waals surface area contributed by atoms with Crippen LogP contribution in [0.2, 0.25) is 0 Å². The SMILES string of the molecule is O=C(Cn1nc(CNc2ccc(F)cc2)[n+]2c1CCCCC2)c1ccc(F)cc1.[Br-]. The van der Waals surface area contributed by atoms with Crippen molar-refractivity contribution >= 4 is 11.5 Å². The highest BCUT2D eigenvalue weighted by Gasteiger charge is 2.28. The molecular formula is C22H23BrF2N4O. The van der Waals surface area contributed by atoms with Crippen molar-refractivity contribution in [1.82, 2.24) is 9.78 Å². The van der Waals surface area contributed by atoms with Gasteiger partial charge in [0.25, 0.3) is 5.82 Å². The van der Waals surface area contributed by atoms with Gasteiger partial charge in [-0.25, -0.2) is 13.3 Å². The first-order valence-electron chi connectivity index (χ1n) is 9.87. The quantitative estimate of drug-likeness (QED) is 0.420. The molecular weight excluding hydrogens is 454 g/mol. The molecule has 30 heavy (non-hydrogen) atoms. The van der Waals surface area contributed by atoms with E-state index in [1.165, 1.54) is 36.4 Å². The van der Waals surface area contributed by atoms with Gasteiger partial charge in [0, 0.05) is 22.8 Å². The van der Waals surface area contributed by atoms with E-state index < -0.39 is 0 Å². The number of aromatic nitrogens is 3. The topological polar surface area (TPSA) is 50.8 Å². The number of Topliss-reactive ketones (excluding diaryl/α,β-unsaturated/α-hetero) is 1. The van der Waals surface area contributed by atoms with Gasteiger partial charge in [-0.15, -0.1) is 4.68 Å². The molecule has 1 aliphatic heterocycles. The molecule has 0 unspecified atom stereocenters. The second-order valence-electron chi connectivity index (χ2n) is 7.24. The molecule has 2 aromatic carbocycles. The number of hydrogen-bond acceptors (Lipinski definition) is 3. The van der Waals surface area contributed by atoms with E-state index in [0.29, 0.717) is 12.1 Å². The highest BCUT2D eigenvalue weighted by molar-refractivity contribution is 5.95. The number of anilines is 1. The Labute approximate surface area is 184 Å². The van der Waals surface area contributed by atoms with Crippen molar-refractivity contribution in [3.63, 3.8) is 0 Å². The van der Waals surface area contributed by atoms with Crippen LogP contribution in [0, 0.1) is 11.6 Å². The fourth-order valence-electron chi connectivity index (χ4n) is 3.66. The van der Waals surface area contributed by atoms with Gasteiger partial charge in [-0.1, -0.05) is 0 Å². The number of rotatable bonds is 6. The lowest BCUT2D eigenvalue weighted by atomic mass is 10.1. The average molecular weight is 477 g/mol. The molecule has 4 rings (SSSR count). The summed E-state index contributed by atoms with van der Waals surface area (Å²) in [4.78, 5) is 12.7. The molecule has 0 amide bonds. The minimum absolute atomic E-state index is 0. The van der Waals surface area contributed by atoms with Crippen LogP contribution in [0.4, 0.5) is 14.5 Å². The molecule has 0 bridgehead atoms. The van der Waals surface area contributed by atoms with Crippen LogP contribution in [0.25, 0.3) is 0 Å². The zero-order valence-electron chi connectivity index (χ0n) is 16.5. The molecule has 2 heterocycles. The third-order valence-electron chi connectivity index (χ3n) is 5.19. The molecule has 1 aliphatic rings.